The summed E-state index contributed by atoms with van der Waals surface area (Å²) in [5.41, 5.74) is 2.53. The van der Waals surface area contributed by atoms with Crippen LogP contribution in [0.5, 0.6) is 0 Å². The van der Waals surface area contributed by atoms with E-state index in [1.165, 1.54) is 12.1 Å². The van der Waals surface area contributed by atoms with Gasteiger partial charge in [0.25, 0.3) is 5.91 Å². The molecule has 4 nitrogen and oxygen atoms in total. The predicted octanol–water partition coefficient (Wildman–Crippen LogP) is 4.04. The van der Waals surface area contributed by atoms with Crippen LogP contribution in [-0.2, 0) is 9.84 Å². The van der Waals surface area contributed by atoms with Gasteiger partial charge in [0.2, 0.25) is 0 Å². The first-order valence-corrected chi connectivity index (χ1v) is 11.0. The van der Waals surface area contributed by atoms with Gasteiger partial charge in [-0.25, -0.2) is 8.42 Å². The number of amides is 1. The molecule has 1 unspecified atom stereocenters. The van der Waals surface area contributed by atoms with Gasteiger partial charge >= 0.3 is 0 Å². The molecule has 0 radical (unpaired) electrons. The quantitative estimate of drug-likeness (QED) is 0.687. The van der Waals surface area contributed by atoms with Gasteiger partial charge in [0.15, 0.2) is 9.84 Å². The third-order valence-corrected chi connectivity index (χ3v) is 5.81. The van der Waals surface area contributed by atoms with E-state index in [9.17, 15) is 13.2 Å². The third kappa shape index (κ3) is 4.67. The largest absolute Gasteiger partial charge is 0.349 e. The highest BCUT2D eigenvalue weighted by Gasteiger charge is 2.23. The Balaban J connectivity index is 1.88. The number of nitrogens with one attached hydrogen (secondary N) is 1. The summed E-state index contributed by atoms with van der Waals surface area (Å²) in [6.45, 7) is 1.96. The summed E-state index contributed by atoms with van der Waals surface area (Å²) in [6, 6.07) is 26.0. The van der Waals surface area contributed by atoms with E-state index >= 15 is 0 Å². The standard InChI is InChI=1S/C23H23NO3S/c1-17(24-23(25)20-14-9-15-21(16-20)28(2,26)27)22(18-10-5-3-6-11-18)19-12-7-4-8-13-19/h3-17,22H,1-2H3,(H,24,25). The summed E-state index contributed by atoms with van der Waals surface area (Å²) >= 11 is 0. The molecule has 1 atom stereocenters. The maximum Gasteiger partial charge on any atom is 0.251 e. The van der Waals surface area contributed by atoms with Crippen LogP contribution in [0.25, 0.3) is 0 Å². The molecule has 3 rings (SSSR count). The van der Waals surface area contributed by atoms with Crippen LogP contribution in [-0.4, -0.2) is 26.6 Å². The Hall–Kier alpha value is -2.92. The highest BCUT2D eigenvalue weighted by atomic mass is 32.2. The second kappa shape index (κ2) is 8.40. The van der Waals surface area contributed by atoms with Gasteiger partial charge in [-0.05, 0) is 36.2 Å². The molecule has 5 heteroatoms. The summed E-state index contributed by atoms with van der Waals surface area (Å²) in [5, 5.41) is 3.04. The van der Waals surface area contributed by atoms with Crippen LogP contribution in [0.4, 0.5) is 0 Å². The van der Waals surface area contributed by atoms with Gasteiger partial charge in [0, 0.05) is 23.8 Å². The molecule has 0 saturated carbocycles. The lowest BCUT2D eigenvalue weighted by Gasteiger charge is -2.26. The van der Waals surface area contributed by atoms with Gasteiger partial charge in [0.05, 0.1) is 4.90 Å². The van der Waals surface area contributed by atoms with Crippen molar-refractivity contribution in [2.45, 2.75) is 23.8 Å². The molecular formula is C23H23NO3S. The van der Waals surface area contributed by atoms with Crippen LogP contribution in [0, 0.1) is 0 Å². The molecule has 3 aromatic carbocycles. The van der Waals surface area contributed by atoms with Gasteiger partial charge in [-0.2, -0.15) is 0 Å². The molecule has 1 amide bonds. The van der Waals surface area contributed by atoms with Crippen LogP contribution in [0.15, 0.2) is 89.8 Å². The van der Waals surface area contributed by atoms with E-state index < -0.39 is 9.84 Å². The van der Waals surface area contributed by atoms with Gasteiger partial charge < -0.3 is 5.32 Å². The van der Waals surface area contributed by atoms with Crippen LogP contribution >= 0.6 is 0 Å². The van der Waals surface area contributed by atoms with Crippen molar-refractivity contribution in [1.29, 1.82) is 0 Å². The zero-order chi connectivity index (χ0) is 20.1. The zero-order valence-electron chi connectivity index (χ0n) is 15.9. The minimum Gasteiger partial charge on any atom is -0.349 e. The Morgan fingerprint density at radius 3 is 1.86 bits per heavy atom. The average Bonchev–Trinajstić information content (AvgIpc) is 2.69. The monoisotopic (exact) mass is 393 g/mol. The lowest BCUT2D eigenvalue weighted by molar-refractivity contribution is 0.0937. The molecule has 0 aliphatic heterocycles. The predicted molar refractivity (Wildman–Crippen MR) is 111 cm³/mol. The minimum absolute atomic E-state index is 0.0237. The number of carbonyl (C=O) groups is 1. The maximum atomic E-state index is 12.8. The Kier molecular flexibility index (Phi) is 5.95. The Labute approximate surface area is 166 Å². The van der Waals surface area contributed by atoms with Crippen molar-refractivity contribution in [2.75, 3.05) is 6.26 Å². The molecule has 0 bridgehead atoms. The summed E-state index contributed by atoms with van der Waals surface area (Å²) in [4.78, 5) is 12.9. The first-order valence-electron chi connectivity index (χ1n) is 9.07. The Morgan fingerprint density at radius 1 is 0.821 bits per heavy atom. The van der Waals surface area contributed by atoms with Crippen molar-refractivity contribution in [1.82, 2.24) is 5.32 Å². The number of rotatable bonds is 6. The molecule has 1 N–H and O–H groups in total. The fourth-order valence-electron chi connectivity index (χ4n) is 3.33. The zero-order valence-corrected chi connectivity index (χ0v) is 16.7. The van der Waals surface area contributed by atoms with E-state index in [1.807, 2.05) is 67.6 Å². The van der Waals surface area contributed by atoms with Gasteiger partial charge in [-0.1, -0.05) is 66.7 Å². The van der Waals surface area contributed by atoms with Crippen LogP contribution in [0.1, 0.15) is 34.3 Å². The highest BCUT2D eigenvalue weighted by molar-refractivity contribution is 7.90. The van der Waals surface area contributed by atoms with E-state index in [0.717, 1.165) is 17.4 Å². The molecule has 0 heterocycles. The molecule has 28 heavy (non-hydrogen) atoms. The summed E-state index contributed by atoms with van der Waals surface area (Å²) in [5.74, 6) is -0.320. The first kappa shape index (κ1) is 19.8. The molecule has 3 aromatic rings. The van der Waals surface area contributed by atoms with Gasteiger partial charge in [-0.3, -0.25) is 4.79 Å². The van der Waals surface area contributed by atoms with E-state index in [0.29, 0.717) is 5.56 Å². The maximum absolute atomic E-state index is 12.8. The van der Waals surface area contributed by atoms with Crippen LogP contribution < -0.4 is 5.32 Å². The average molecular weight is 394 g/mol. The van der Waals surface area contributed by atoms with Crippen molar-refractivity contribution in [3.63, 3.8) is 0 Å². The lowest BCUT2D eigenvalue weighted by Crippen LogP contribution is -2.37. The second-order valence-electron chi connectivity index (χ2n) is 6.86. The third-order valence-electron chi connectivity index (χ3n) is 4.70. The van der Waals surface area contributed by atoms with Crippen molar-refractivity contribution >= 4 is 15.7 Å². The van der Waals surface area contributed by atoms with E-state index in [1.54, 1.807) is 12.1 Å². The topological polar surface area (TPSA) is 63.2 Å². The molecule has 0 aliphatic carbocycles. The summed E-state index contributed by atoms with van der Waals surface area (Å²) in [6.07, 6.45) is 1.13. The molecular weight excluding hydrogens is 370 g/mol. The van der Waals surface area contributed by atoms with Crippen molar-refractivity contribution in [3.05, 3.63) is 102 Å². The number of hydrogen-bond donors (Lipinski definition) is 1. The first-order chi connectivity index (χ1) is 13.4. The van der Waals surface area contributed by atoms with Crippen molar-refractivity contribution in [3.8, 4) is 0 Å². The highest BCUT2D eigenvalue weighted by Crippen LogP contribution is 2.28. The lowest BCUT2D eigenvalue weighted by atomic mass is 9.85. The Bertz CT molecular complexity index is 1010. The van der Waals surface area contributed by atoms with E-state index in [2.05, 4.69) is 5.32 Å². The molecule has 0 saturated heterocycles. The minimum atomic E-state index is -3.37. The second-order valence-corrected chi connectivity index (χ2v) is 8.88. The number of carbonyl (C=O) groups excluding carboxylic acids is 1. The summed E-state index contributed by atoms with van der Waals surface area (Å²) in [7, 11) is -3.37. The number of sulfone groups is 1. The number of hydrogen-bond acceptors (Lipinski definition) is 3. The van der Waals surface area contributed by atoms with E-state index in [-0.39, 0.29) is 22.8 Å². The summed E-state index contributed by atoms with van der Waals surface area (Å²) < 4.78 is 23.6. The van der Waals surface area contributed by atoms with Crippen LogP contribution in [0.2, 0.25) is 0 Å². The fourth-order valence-corrected chi connectivity index (χ4v) is 4.00. The molecule has 144 valence electrons. The normalized spacial score (nSPS) is 12.5. The molecule has 0 aromatic heterocycles. The smallest absolute Gasteiger partial charge is 0.251 e. The van der Waals surface area contributed by atoms with Crippen LogP contribution in [0.3, 0.4) is 0 Å². The van der Waals surface area contributed by atoms with Crippen molar-refractivity contribution in [2.24, 2.45) is 0 Å². The van der Waals surface area contributed by atoms with Crippen molar-refractivity contribution < 1.29 is 13.2 Å². The molecule has 0 spiro atoms. The van der Waals surface area contributed by atoms with E-state index in [4.69, 9.17) is 0 Å². The SMILES string of the molecule is CC(NC(=O)c1cccc(S(C)(=O)=O)c1)C(c1ccccc1)c1ccccc1. The van der Waals surface area contributed by atoms with Gasteiger partial charge in [-0.15, -0.1) is 0 Å². The Morgan fingerprint density at radius 2 is 1.36 bits per heavy atom. The molecule has 0 fully saturated rings. The fraction of sp³-hybridized carbons (Fsp3) is 0.174. The van der Waals surface area contributed by atoms with Gasteiger partial charge in [0.1, 0.15) is 0 Å². The molecule has 0 aliphatic rings. The number of benzene rings is 3.